The largest absolute Gasteiger partial charge is 0.493 e. The Bertz CT molecular complexity index is 426. The van der Waals surface area contributed by atoms with Crippen LogP contribution >= 0.6 is 0 Å². The van der Waals surface area contributed by atoms with E-state index in [2.05, 4.69) is 30.5 Å². The number of aryl methyl sites for hydroxylation is 1. The minimum atomic E-state index is 0.218. The first-order chi connectivity index (χ1) is 8.24. The van der Waals surface area contributed by atoms with Gasteiger partial charge in [0, 0.05) is 5.56 Å². The number of hydrogen-bond acceptors (Lipinski definition) is 3. The van der Waals surface area contributed by atoms with Crippen LogP contribution in [0.2, 0.25) is 0 Å². The molecule has 3 rings (SSSR count). The molecule has 0 spiro atoms. The molecule has 1 aromatic rings. The number of nitrogens with one attached hydrogen (secondary N) is 1. The van der Waals surface area contributed by atoms with E-state index in [1.807, 2.05) is 0 Å². The maximum absolute atomic E-state index is 5.86. The van der Waals surface area contributed by atoms with Gasteiger partial charge in [0.2, 0.25) is 0 Å². The Morgan fingerprint density at radius 1 is 1.41 bits per heavy atom. The average molecular weight is 232 g/mol. The smallest absolute Gasteiger partial charge is 0.127 e. The normalized spacial score (nSPS) is 22.5. The zero-order valence-corrected chi connectivity index (χ0v) is 10.3. The highest BCUT2D eigenvalue weighted by Crippen LogP contribution is 2.55. The van der Waals surface area contributed by atoms with E-state index in [9.17, 15) is 0 Å². The SMILES string of the molecule is CC1(C(NN)c2cccc3c2OCCC3)CC1. The van der Waals surface area contributed by atoms with Crippen molar-refractivity contribution in [1.82, 2.24) is 5.43 Å². The Morgan fingerprint density at radius 2 is 2.24 bits per heavy atom. The van der Waals surface area contributed by atoms with Gasteiger partial charge >= 0.3 is 0 Å². The van der Waals surface area contributed by atoms with E-state index >= 15 is 0 Å². The number of nitrogens with two attached hydrogens (primary N) is 1. The molecule has 0 amide bonds. The second-order valence-electron chi connectivity index (χ2n) is 5.54. The van der Waals surface area contributed by atoms with Crippen LogP contribution in [0.4, 0.5) is 0 Å². The predicted octanol–water partition coefficient (Wildman–Crippen LogP) is 2.32. The molecule has 1 aliphatic carbocycles. The molecule has 0 aromatic heterocycles. The van der Waals surface area contributed by atoms with Gasteiger partial charge in [-0.25, -0.2) is 0 Å². The van der Waals surface area contributed by atoms with Gasteiger partial charge in [0.05, 0.1) is 12.6 Å². The number of hydrazine groups is 1. The Balaban J connectivity index is 2.01. The summed E-state index contributed by atoms with van der Waals surface area (Å²) in [5.74, 6) is 6.84. The highest BCUT2D eigenvalue weighted by Gasteiger charge is 2.46. The van der Waals surface area contributed by atoms with Gasteiger partial charge in [0.25, 0.3) is 0 Å². The summed E-state index contributed by atoms with van der Waals surface area (Å²) in [5, 5.41) is 0. The number of fused-ring (bicyclic) bond motifs is 1. The minimum absolute atomic E-state index is 0.218. The quantitative estimate of drug-likeness (QED) is 0.621. The lowest BCUT2D eigenvalue weighted by atomic mass is 9.89. The third-order valence-corrected chi connectivity index (χ3v) is 4.18. The first kappa shape index (κ1) is 11.1. The molecule has 2 aliphatic rings. The van der Waals surface area contributed by atoms with Crippen LogP contribution in [0, 0.1) is 5.41 Å². The highest BCUT2D eigenvalue weighted by molar-refractivity contribution is 5.45. The van der Waals surface area contributed by atoms with Crippen molar-refractivity contribution in [1.29, 1.82) is 0 Å². The van der Waals surface area contributed by atoms with Crippen molar-refractivity contribution < 1.29 is 4.74 Å². The minimum Gasteiger partial charge on any atom is -0.493 e. The standard InChI is InChI=1S/C14H20N2O/c1-14(7-8-14)13(16-15)11-6-2-4-10-5-3-9-17-12(10)11/h2,4,6,13,16H,3,5,7-9,15H2,1H3. The molecule has 0 radical (unpaired) electrons. The Labute approximate surface area is 102 Å². The zero-order chi connectivity index (χ0) is 11.9. The van der Waals surface area contributed by atoms with Crippen LogP contribution < -0.4 is 16.0 Å². The fraction of sp³-hybridized carbons (Fsp3) is 0.571. The molecule has 1 fully saturated rings. The van der Waals surface area contributed by atoms with Crippen LogP contribution in [-0.4, -0.2) is 6.61 Å². The molecular weight excluding hydrogens is 212 g/mol. The van der Waals surface area contributed by atoms with Crippen molar-refractivity contribution in [3.05, 3.63) is 29.3 Å². The molecule has 3 nitrogen and oxygen atoms in total. The van der Waals surface area contributed by atoms with Crippen molar-refractivity contribution in [2.75, 3.05) is 6.61 Å². The molecule has 0 bridgehead atoms. The third kappa shape index (κ3) is 1.83. The van der Waals surface area contributed by atoms with Crippen molar-refractivity contribution in [2.24, 2.45) is 11.3 Å². The molecule has 17 heavy (non-hydrogen) atoms. The molecule has 1 saturated carbocycles. The second-order valence-corrected chi connectivity index (χ2v) is 5.54. The molecule has 1 aliphatic heterocycles. The summed E-state index contributed by atoms with van der Waals surface area (Å²) >= 11 is 0. The van der Waals surface area contributed by atoms with Crippen molar-refractivity contribution in [3.63, 3.8) is 0 Å². The molecule has 1 unspecified atom stereocenters. The van der Waals surface area contributed by atoms with E-state index in [1.165, 1.54) is 24.0 Å². The van der Waals surface area contributed by atoms with Crippen LogP contribution in [-0.2, 0) is 6.42 Å². The lowest BCUT2D eigenvalue weighted by molar-refractivity contribution is 0.273. The highest BCUT2D eigenvalue weighted by atomic mass is 16.5. The molecule has 3 N–H and O–H groups in total. The van der Waals surface area contributed by atoms with Crippen molar-refractivity contribution >= 4 is 0 Å². The van der Waals surface area contributed by atoms with Gasteiger partial charge in [-0.05, 0) is 36.7 Å². The third-order valence-electron chi connectivity index (χ3n) is 4.18. The molecule has 0 saturated heterocycles. The lowest BCUT2D eigenvalue weighted by Gasteiger charge is -2.28. The summed E-state index contributed by atoms with van der Waals surface area (Å²) in [4.78, 5) is 0. The summed E-state index contributed by atoms with van der Waals surface area (Å²) < 4.78 is 5.86. The summed E-state index contributed by atoms with van der Waals surface area (Å²) in [6.07, 6.45) is 4.72. The van der Waals surface area contributed by atoms with E-state index in [1.54, 1.807) is 0 Å². The Hall–Kier alpha value is -1.06. The van der Waals surface area contributed by atoms with Gasteiger partial charge in [-0.1, -0.05) is 25.1 Å². The topological polar surface area (TPSA) is 47.3 Å². The van der Waals surface area contributed by atoms with E-state index in [4.69, 9.17) is 10.6 Å². The number of hydrogen-bond donors (Lipinski definition) is 2. The lowest BCUT2D eigenvalue weighted by Crippen LogP contribution is -2.34. The predicted molar refractivity (Wildman–Crippen MR) is 67.7 cm³/mol. The fourth-order valence-corrected chi connectivity index (χ4v) is 2.79. The molecule has 1 atom stereocenters. The Morgan fingerprint density at radius 3 is 2.94 bits per heavy atom. The van der Waals surface area contributed by atoms with E-state index in [0.717, 1.165) is 25.2 Å². The van der Waals surface area contributed by atoms with Gasteiger partial charge in [-0.2, -0.15) is 0 Å². The van der Waals surface area contributed by atoms with Gasteiger partial charge in [-0.3, -0.25) is 11.3 Å². The summed E-state index contributed by atoms with van der Waals surface area (Å²) in [6, 6.07) is 6.66. The molecule has 1 heterocycles. The number of benzene rings is 1. The summed E-state index contributed by atoms with van der Waals surface area (Å²) in [6.45, 7) is 3.12. The summed E-state index contributed by atoms with van der Waals surface area (Å²) in [7, 11) is 0. The van der Waals surface area contributed by atoms with Crippen molar-refractivity contribution in [3.8, 4) is 5.75 Å². The maximum atomic E-state index is 5.86. The second kappa shape index (κ2) is 4.00. The summed E-state index contributed by atoms with van der Waals surface area (Å²) in [5.41, 5.74) is 5.87. The Kier molecular flexibility index (Phi) is 2.60. The fourth-order valence-electron chi connectivity index (χ4n) is 2.79. The van der Waals surface area contributed by atoms with Crippen LogP contribution in [0.15, 0.2) is 18.2 Å². The van der Waals surface area contributed by atoms with E-state index in [0.29, 0.717) is 5.41 Å². The van der Waals surface area contributed by atoms with Gasteiger partial charge < -0.3 is 4.74 Å². The number of ether oxygens (including phenoxy) is 1. The zero-order valence-electron chi connectivity index (χ0n) is 10.3. The first-order valence-corrected chi connectivity index (χ1v) is 6.45. The molecular formula is C14H20N2O. The number of rotatable bonds is 3. The first-order valence-electron chi connectivity index (χ1n) is 6.45. The molecule has 92 valence electrons. The van der Waals surface area contributed by atoms with Crippen LogP contribution in [0.1, 0.15) is 43.4 Å². The van der Waals surface area contributed by atoms with E-state index in [-0.39, 0.29) is 6.04 Å². The van der Waals surface area contributed by atoms with Gasteiger partial charge in [-0.15, -0.1) is 0 Å². The monoisotopic (exact) mass is 232 g/mol. The van der Waals surface area contributed by atoms with Crippen LogP contribution in [0.3, 0.4) is 0 Å². The van der Waals surface area contributed by atoms with Gasteiger partial charge in [0.1, 0.15) is 5.75 Å². The average Bonchev–Trinajstić information content (AvgIpc) is 3.09. The molecule has 3 heteroatoms. The van der Waals surface area contributed by atoms with Crippen molar-refractivity contribution in [2.45, 2.75) is 38.6 Å². The van der Waals surface area contributed by atoms with Crippen LogP contribution in [0.5, 0.6) is 5.75 Å². The van der Waals surface area contributed by atoms with Crippen LogP contribution in [0.25, 0.3) is 0 Å². The van der Waals surface area contributed by atoms with Gasteiger partial charge in [0.15, 0.2) is 0 Å². The van der Waals surface area contributed by atoms with E-state index < -0.39 is 0 Å². The molecule has 1 aromatic carbocycles. The maximum Gasteiger partial charge on any atom is 0.127 e. The number of para-hydroxylation sites is 1.